The SMILES string of the molecule is c1ccc(-c2nc(-c3cccc4ccccc34)nc(-n3c4ccccc4c4c(-n5c6ccccc6c6ccc7ccccc7c65)c5ccccc5cc43)n2)cc1. The van der Waals surface area contributed by atoms with E-state index in [9.17, 15) is 0 Å². The van der Waals surface area contributed by atoms with Crippen LogP contribution in [0.1, 0.15) is 0 Å². The van der Waals surface area contributed by atoms with Crippen LogP contribution in [0.4, 0.5) is 0 Å². The van der Waals surface area contributed by atoms with Gasteiger partial charge in [0.15, 0.2) is 11.6 Å². The maximum absolute atomic E-state index is 5.37. The van der Waals surface area contributed by atoms with Crippen molar-refractivity contribution in [1.29, 1.82) is 0 Å². The Morgan fingerprint density at radius 1 is 0.339 bits per heavy atom. The minimum atomic E-state index is 0.571. The molecule has 260 valence electrons. The molecule has 56 heavy (non-hydrogen) atoms. The molecule has 0 fully saturated rings. The smallest absolute Gasteiger partial charge is 0.238 e. The van der Waals surface area contributed by atoms with Crippen LogP contribution in [0.5, 0.6) is 0 Å². The average molecular weight is 714 g/mol. The van der Waals surface area contributed by atoms with Gasteiger partial charge in [0.2, 0.25) is 5.95 Å². The van der Waals surface area contributed by atoms with Gasteiger partial charge in [-0.2, -0.15) is 9.97 Å². The molecule has 3 heterocycles. The van der Waals surface area contributed by atoms with E-state index in [1.54, 1.807) is 0 Å². The minimum Gasteiger partial charge on any atom is -0.307 e. The van der Waals surface area contributed by atoms with Gasteiger partial charge in [0.05, 0.1) is 27.8 Å². The molecular formula is C51H31N5. The molecule has 0 N–H and O–H groups in total. The lowest BCUT2D eigenvalue weighted by Crippen LogP contribution is -2.07. The first-order chi connectivity index (χ1) is 27.8. The highest BCUT2D eigenvalue weighted by Crippen LogP contribution is 2.45. The largest absolute Gasteiger partial charge is 0.307 e. The summed E-state index contributed by atoms with van der Waals surface area (Å²) in [6.45, 7) is 0. The van der Waals surface area contributed by atoms with Crippen molar-refractivity contribution in [2.75, 3.05) is 0 Å². The molecule has 3 aromatic heterocycles. The first-order valence-electron chi connectivity index (χ1n) is 19.0. The molecule has 0 amide bonds. The van der Waals surface area contributed by atoms with Crippen LogP contribution in [0.25, 0.3) is 110 Å². The van der Waals surface area contributed by atoms with E-state index >= 15 is 0 Å². The molecule has 0 radical (unpaired) electrons. The van der Waals surface area contributed by atoms with Crippen LogP contribution in [0.15, 0.2) is 188 Å². The van der Waals surface area contributed by atoms with E-state index in [1.807, 2.05) is 18.2 Å². The summed E-state index contributed by atoms with van der Waals surface area (Å²) in [6, 6.07) is 66.8. The predicted molar refractivity (Wildman–Crippen MR) is 232 cm³/mol. The fourth-order valence-corrected chi connectivity index (χ4v) is 8.90. The Labute approximate surface area is 321 Å². The number of benzene rings is 9. The summed E-state index contributed by atoms with van der Waals surface area (Å²) in [6.07, 6.45) is 0. The van der Waals surface area contributed by atoms with Gasteiger partial charge in [0, 0.05) is 43.4 Å². The van der Waals surface area contributed by atoms with Gasteiger partial charge >= 0.3 is 0 Å². The second-order valence-corrected chi connectivity index (χ2v) is 14.4. The molecule has 0 aliphatic carbocycles. The Morgan fingerprint density at radius 2 is 0.929 bits per heavy atom. The first-order valence-corrected chi connectivity index (χ1v) is 19.0. The quantitative estimate of drug-likeness (QED) is 0.182. The van der Waals surface area contributed by atoms with Crippen LogP contribution < -0.4 is 0 Å². The van der Waals surface area contributed by atoms with E-state index in [1.165, 1.54) is 32.4 Å². The Kier molecular flexibility index (Phi) is 6.56. The number of aromatic nitrogens is 5. The van der Waals surface area contributed by atoms with Gasteiger partial charge in [0.25, 0.3) is 0 Å². The molecule has 0 spiro atoms. The van der Waals surface area contributed by atoms with Crippen LogP contribution in [0.2, 0.25) is 0 Å². The molecule has 12 rings (SSSR count). The first kappa shape index (κ1) is 30.8. The van der Waals surface area contributed by atoms with Crippen molar-refractivity contribution < 1.29 is 0 Å². The molecule has 0 aliphatic heterocycles. The van der Waals surface area contributed by atoms with E-state index in [0.29, 0.717) is 17.6 Å². The highest BCUT2D eigenvalue weighted by molar-refractivity contribution is 6.24. The maximum atomic E-state index is 5.37. The second kappa shape index (κ2) is 11.9. The summed E-state index contributed by atoms with van der Waals surface area (Å²) in [5.41, 5.74) is 7.46. The molecular weight excluding hydrogens is 683 g/mol. The highest BCUT2D eigenvalue weighted by atomic mass is 15.2. The summed E-state index contributed by atoms with van der Waals surface area (Å²) in [7, 11) is 0. The van der Waals surface area contributed by atoms with Crippen molar-refractivity contribution in [2.24, 2.45) is 0 Å². The van der Waals surface area contributed by atoms with Crippen molar-refractivity contribution >= 4 is 75.9 Å². The van der Waals surface area contributed by atoms with Crippen molar-refractivity contribution in [3.63, 3.8) is 0 Å². The Bertz CT molecular complexity index is 3540. The van der Waals surface area contributed by atoms with Crippen molar-refractivity contribution in [1.82, 2.24) is 24.1 Å². The molecule has 0 saturated heterocycles. The maximum Gasteiger partial charge on any atom is 0.238 e. The molecule has 9 aromatic carbocycles. The summed E-state index contributed by atoms with van der Waals surface area (Å²) in [5.74, 6) is 1.83. The van der Waals surface area contributed by atoms with E-state index in [0.717, 1.165) is 60.3 Å². The third kappa shape index (κ3) is 4.46. The number of nitrogens with zero attached hydrogens (tertiary/aromatic N) is 5. The van der Waals surface area contributed by atoms with Crippen LogP contribution in [-0.4, -0.2) is 24.1 Å². The van der Waals surface area contributed by atoms with Gasteiger partial charge in [-0.1, -0.05) is 170 Å². The number of rotatable bonds is 4. The normalized spacial score (nSPS) is 11.9. The van der Waals surface area contributed by atoms with Gasteiger partial charge in [-0.3, -0.25) is 4.57 Å². The van der Waals surface area contributed by atoms with E-state index in [2.05, 4.69) is 179 Å². The van der Waals surface area contributed by atoms with Crippen molar-refractivity contribution in [2.45, 2.75) is 0 Å². The summed E-state index contributed by atoms with van der Waals surface area (Å²) in [5, 5.41) is 11.7. The van der Waals surface area contributed by atoms with Gasteiger partial charge in [-0.15, -0.1) is 0 Å². The number of para-hydroxylation sites is 2. The molecule has 0 atom stereocenters. The van der Waals surface area contributed by atoms with E-state index < -0.39 is 0 Å². The minimum absolute atomic E-state index is 0.571. The molecule has 12 aromatic rings. The van der Waals surface area contributed by atoms with Crippen LogP contribution in [0, 0.1) is 0 Å². The Morgan fingerprint density at radius 3 is 1.73 bits per heavy atom. The van der Waals surface area contributed by atoms with E-state index in [4.69, 9.17) is 15.0 Å². The van der Waals surface area contributed by atoms with Crippen molar-refractivity contribution in [3.8, 4) is 34.4 Å². The second-order valence-electron chi connectivity index (χ2n) is 14.4. The van der Waals surface area contributed by atoms with E-state index in [-0.39, 0.29) is 0 Å². The lowest BCUT2D eigenvalue weighted by atomic mass is 10.0. The lowest BCUT2D eigenvalue weighted by molar-refractivity contribution is 0.954. The van der Waals surface area contributed by atoms with Gasteiger partial charge in [0.1, 0.15) is 0 Å². The third-order valence-corrected chi connectivity index (χ3v) is 11.3. The number of hydrogen-bond acceptors (Lipinski definition) is 3. The topological polar surface area (TPSA) is 48.5 Å². The number of fused-ring (bicyclic) bond motifs is 10. The fourth-order valence-electron chi connectivity index (χ4n) is 8.90. The summed E-state index contributed by atoms with van der Waals surface area (Å²) >= 11 is 0. The molecule has 0 bridgehead atoms. The van der Waals surface area contributed by atoms with Gasteiger partial charge < -0.3 is 4.57 Å². The predicted octanol–water partition coefficient (Wildman–Crippen LogP) is 12.9. The van der Waals surface area contributed by atoms with Crippen LogP contribution in [0.3, 0.4) is 0 Å². The highest BCUT2D eigenvalue weighted by Gasteiger charge is 2.25. The fraction of sp³-hybridized carbons (Fsp3) is 0. The van der Waals surface area contributed by atoms with Crippen LogP contribution in [-0.2, 0) is 0 Å². The number of hydrogen-bond donors (Lipinski definition) is 0. The third-order valence-electron chi connectivity index (χ3n) is 11.3. The molecule has 5 heteroatoms. The molecule has 5 nitrogen and oxygen atoms in total. The zero-order valence-corrected chi connectivity index (χ0v) is 30.1. The molecule has 0 aliphatic rings. The summed E-state index contributed by atoms with van der Waals surface area (Å²) in [4.78, 5) is 15.8. The molecule has 0 unspecified atom stereocenters. The summed E-state index contributed by atoms with van der Waals surface area (Å²) < 4.78 is 4.76. The molecule has 0 saturated carbocycles. The van der Waals surface area contributed by atoms with Gasteiger partial charge in [-0.05, 0) is 39.7 Å². The monoisotopic (exact) mass is 713 g/mol. The zero-order valence-electron chi connectivity index (χ0n) is 30.1. The van der Waals surface area contributed by atoms with Crippen LogP contribution >= 0.6 is 0 Å². The standard InChI is InChI=1S/C51H31N5/c1-2-17-34(18-3-1)49-52-50(41-26-14-20-32-15-4-7-21-36(32)41)54-51(53-49)55-44-28-13-11-25-42(44)46-45(55)31-35-19-6-9-23-38(35)48(46)56-43-27-12-10-24-39(43)40-30-29-33-16-5-8-22-37(33)47(40)56/h1-31H. The lowest BCUT2D eigenvalue weighted by Gasteiger charge is -2.16. The van der Waals surface area contributed by atoms with Crippen molar-refractivity contribution in [3.05, 3.63) is 188 Å². The Hall–Kier alpha value is -7.63. The van der Waals surface area contributed by atoms with Gasteiger partial charge in [-0.25, -0.2) is 4.98 Å². The Balaban J connectivity index is 1.26. The average Bonchev–Trinajstić information content (AvgIpc) is 3.78. The zero-order chi connectivity index (χ0) is 36.7.